The molecule has 0 unspecified atom stereocenters. The van der Waals surface area contributed by atoms with Crippen molar-refractivity contribution in [2.75, 3.05) is 6.54 Å². The average molecular weight is 450 g/mol. The largest absolute Gasteiger partial charge is 0.356 e. The van der Waals surface area contributed by atoms with E-state index in [0.717, 1.165) is 28.8 Å². The van der Waals surface area contributed by atoms with Crippen molar-refractivity contribution in [1.82, 2.24) is 24.5 Å². The van der Waals surface area contributed by atoms with E-state index in [-0.39, 0.29) is 23.5 Å². The smallest absolute Gasteiger partial charge is 0.300 e. The molecule has 0 aliphatic rings. The van der Waals surface area contributed by atoms with Gasteiger partial charge in [0.05, 0.1) is 0 Å². The third-order valence-corrected chi connectivity index (χ3v) is 5.50. The minimum absolute atomic E-state index is 0.0701. The zero-order valence-electron chi connectivity index (χ0n) is 18.0. The summed E-state index contributed by atoms with van der Waals surface area (Å²) in [6, 6.07) is 13.5. The Morgan fingerprint density at radius 1 is 1.00 bits per heavy atom. The van der Waals surface area contributed by atoms with Gasteiger partial charge in [-0.25, -0.2) is 0 Å². The third kappa shape index (κ3) is 4.89. The first-order valence-corrected chi connectivity index (χ1v) is 10.8. The number of rotatable bonds is 7. The summed E-state index contributed by atoms with van der Waals surface area (Å²) in [5.74, 6) is 0.511. The minimum atomic E-state index is -0.247. The fourth-order valence-corrected chi connectivity index (χ4v) is 3.84. The Balaban J connectivity index is 1.40. The number of amides is 1. The van der Waals surface area contributed by atoms with E-state index in [2.05, 4.69) is 21.6 Å². The number of aryl methyl sites for hydroxylation is 3. The van der Waals surface area contributed by atoms with E-state index >= 15 is 0 Å². The highest BCUT2D eigenvalue weighted by Crippen LogP contribution is 2.13. The molecule has 0 saturated carbocycles. The van der Waals surface area contributed by atoms with Gasteiger partial charge in [0.15, 0.2) is 0 Å². The Morgan fingerprint density at radius 3 is 2.44 bits per heavy atom. The standard InChI is InChI=1S/C24H24ClN5O2/c1-16-13-17(2)15-20(14-16)29-11-12-30-21(27-28-23(30)24(29)32)7-8-22(31)26-10-9-18-3-5-19(25)6-4-18/h3-6,11-15H,7-10H2,1-2H3,(H,26,31). The molecule has 0 aliphatic carbocycles. The quantitative estimate of drug-likeness (QED) is 0.468. The van der Waals surface area contributed by atoms with Crippen LogP contribution in [0.2, 0.25) is 5.02 Å². The molecule has 4 aromatic rings. The summed E-state index contributed by atoms with van der Waals surface area (Å²) in [7, 11) is 0. The number of hydrogen-bond donors (Lipinski definition) is 1. The number of nitrogens with zero attached hydrogens (tertiary/aromatic N) is 4. The zero-order chi connectivity index (χ0) is 22.7. The van der Waals surface area contributed by atoms with Gasteiger partial charge in [-0.1, -0.05) is 29.8 Å². The molecule has 2 aromatic carbocycles. The Kier molecular flexibility index (Phi) is 6.37. The number of aromatic nitrogens is 4. The van der Waals surface area contributed by atoms with Crippen LogP contribution < -0.4 is 10.9 Å². The molecule has 0 spiro atoms. The van der Waals surface area contributed by atoms with Crippen LogP contribution in [0.25, 0.3) is 11.3 Å². The van der Waals surface area contributed by atoms with Crippen molar-refractivity contribution in [3.63, 3.8) is 0 Å². The first kappa shape index (κ1) is 21.8. The molecule has 1 N–H and O–H groups in total. The van der Waals surface area contributed by atoms with Gasteiger partial charge in [0.25, 0.3) is 0 Å². The van der Waals surface area contributed by atoms with Gasteiger partial charge in [-0.05, 0) is 61.2 Å². The Morgan fingerprint density at radius 2 is 1.72 bits per heavy atom. The minimum Gasteiger partial charge on any atom is -0.356 e. The maximum absolute atomic E-state index is 13.0. The van der Waals surface area contributed by atoms with Crippen LogP contribution in [-0.2, 0) is 17.6 Å². The van der Waals surface area contributed by atoms with Crippen molar-refractivity contribution in [1.29, 1.82) is 0 Å². The summed E-state index contributed by atoms with van der Waals surface area (Å²) >= 11 is 5.89. The van der Waals surface area contributed by atoms with Crippen LogP contribution >= 0.6 is 11.6 Å². The van der Waals surface area contributed by atoms with Gasteiger partial charge in [0.2, 0.25) is 11.6 Å². The zero-order valence-corrected chi connectivity index (χ0v) is 18.8. The predicted molar refractivity (Wildman–Crippen MR) is 125 cm³/mol. The summed E-state index contributed by atoms with van der Waals surface area (Å²) in [6.45, 7) is 4.53. The highest BCUT2D eigenvalue weighted by atomic mass is 35.5. The number of halogens is 1. The van der Waals surface area contributed by atoms with E-state index in [4.69, 9.17) is 11.6 Å². The number of fused-ring (bicyclic) bond motifs is 1. The molecule has 1 amide bonds. The van der Waals surface area contributed by atoms with E-state index in [1.54, 1.807) is 21.4 Å². The SMILES string of the molecule is Cc1cc(C)cc(-n2ccn3c(CCC(=O)NCCc4ccc(Cl)cc4)nnc3c2=O)c1. The molecule has 8 heteroatoms. The molecule has 32 heavy (non-hydrogen) atoms. The molecule has 0 fully saturated rings. The summed E-state index contributed by atoms with van der Waals surface area (Å²) in [4.78, 5) is 25.2. The van der Waals surface area contributed by atoms with Crippen LogP contribution in [-0.4, -0.2) is 31.6 Å². The number of benzene rings is 2. The predicted octanol–water partition coefficient (Wildman–Crippen LogP) is 3.44. The van der Waals surface area contributed by atoms with E-state index in [9.17, 15) is 9.59 Å². The lowest BCUT2D eigenvalue weighted by molar-refractivity contribution is -0.121. The number of carbonyl (C=O) groups excluding carboxylic acids is 1. The van der Waals surface area contributed by atoms with Gasteiger partial charge < -0.3 is 5.32 Å². The van der Waals surface area contributed by atoms with Gasteiger partial charge >= 0.3 is 5.56 Å². The van der Waals surface area contributed by atoms with Crippen LogP contribution in [0.1, 0.15) is 28.9 Å². The molecule has 4 rings (SSSR count). The normalized spacial score (nSPS) is 11.1. The van der Waals surface area contributed by atoms with Crippen molar-refractivity contribution in [3.8, 4) is 5.69 Å². The molecular formula is C24H24ClN5O2. The van der Waals surface area contributed by atoms with Gasteiger partial charge in [-0.2, -0.15) is 0 Å². The molecule has 0 radical (unpaired) electrons. The van der Waals surface area contributed by atoms with Crippen molar-refractivity contribution in [2.24, 2.45) is 0 Å². The summed E-state index contributed by atoms with van der Waals surface area (Å²) in [5.41, 5.74) is 4.05. The average Bonchev–Trinajstić information content (AvgIpc) is 3.17. The topological polar surface area (TPSA) is 81.3 Å². The van der Waals surface area contributed by atoms with E-state index in [1.165, 1.54) is 0 Å². The van der Waals surface area contributed by atoms with E-state index < -0.39 is 0 Å². The molecular weight excluding hydrogens is 426 g/mol. The second-order valence-corrected chi connectivity index (χ2v) is 8.29. The van der Waals surface area contributed by atoms with Crippen molar-refractivity contribution in [3.05, 3.63) is 92.7 Å². The highest BCUT2D eigenvalue weighted by Gasteiger charge is 2.13. The van der Waals surface area contributed by atoms with Crippen molar-refractivity contribution in [2.45, 2.75) is 33.1 Å². The summed E-state index contributed by atoms with van der Waals surface area (Å²) < 4.78 is 3.22. The fourth-order valence-electron chi connectivity index (χ4n) is 3.71. The lowest BCUT2D eigenvalue weighted by Gasteiger charge is -2.09. The first-order valence-electron chi connectivity index (χ1n) is 10.5. The first-order chi connectivity index (χ1) is 15.4. The maximum Gasteiger partial charge on any atom is 0.300 e. The monoisotopic (exact) mass is 449 g/mol. The molecule has 164 valence electrons. The Hall–Kier alpha value is -3.45. The second-order valence-electron chi connectivity index (χ2n) is 7.86. The summed E-state index contributed by atoms with van der Waals surface area (Å²) in [6.07, 6.45) is 4.86. The lowest BCUT2D eigenvalue weighted by atomic mass is 10.1. The molecule has 0 aliphatic heterocycles. The second kappa shape index (κ2) is 9.36. The van der Waals surface area contributed by atoms with Crippen LogP contribution in [0, 0.1) is 13.8 Å². The van der Waals surface area contributed by atoms with Gasteiger partial charge in [0, 0.05) is 42.5 Å². The van der Waals surface area contributed by atoms with Gasteiger partial charge in [-0.15, -0.1) is 10.2 Å². The van der Waals surface area contributed by atoms with Crippen LogP contribution in [0.15, 0.2) is 59.7 Å². The van der Waals surface area contributed by atoms with Gasteiger partial charge in [-0.3, -0.25) is 18.6 Å². The summed E-state index contributed by atoms with van der Waals surface area (Å²) in [5, 5.41) is 11.8. The molecule has 2 aromatic heterocycles. The van der Waals surface area contributed by atoms with E-state index in [1.807, 2.05) is 50.2 Å². The van der Waals surface area contributed by atoms with Crippen LogP contribution in [0.5, 0.6) is 0 Å². The fraction of sp³-hybridized carbons (Fsp3) is 0.250. The lowest BCUT2D eigenvalue weighted by Crippen LogP contribution is -2.26. The number of carbonyl (C=O) groups is 1. The maximum atomic E-state index is 13.0. The molecule has 2 heterocycles. The third-order valence-electron chi connectivity index (χ3n) is 5.25. The van der Waals surface area contributed by atoms with E-state index in [0.29, 0.717) is 23.8 Å². The highest BCUT2D eigenvalue weighted by molar-refractivity contribution is 6.30. The van der Waals surface area contributed by atoms with Gasteiger partial charge in [0.1, 0.15) is 5.82 Å². The van der Waals surface area contributed by atoms with Crippen molar-refractivity contribution >= 4 is 23.2 Å². The van der Waals surface area contributed by atoms with Crippen LogP contribution in [0.4, 0.5) is 0 Å². The molecule has 0 atom stereocenters. The molecule has 0 saturated heterocycles. The molecule has 0 bridgehead atoms. The number of hydrogen-bond acceptors (Lipinski definition) is 4. The number of nitrogens with one attached hydrogen (secondary N) is 1. The van der Waals surface area contributed by atoms with Crippen molar-refractivity contribution < 1.29 is 4.79 Å². The van der Waals surface area contributed by atoms with Crippen LogP contribution in [0.3, 0.4) is 0 Å². The Bertz CT molecular complexity index is 1300. The molecule has 7 nitrogen and oxygen atoms in total. The Labute approximate surface area is 190 Å².